The van der Waals surface area contributed by atoms with Gasteiger partial charge in [-0.25, -0.2) is 15.0 Å². The molecule has 2 N–H and O–H groups in total. The molecule has 0 saturated carbocycles. The van der Waals surface area contributed by atoms with E-state index in [1.807, 2.05) is 5.38 Å². The number of nitrogens with one attached hydrogen (secondary N) is 1. The second kappa shape index (κ2) is 6.02. The van der Waals surface area contributed by atoms with Crippen molar-refractivity contribution in [2.45, 2.75) is 18.2 Å². The summed E-state index contributed by atoms with van der Waals surface area (Å²) in [6.45, 7) is -0.132. The minimum Gasteiger partial charge on any atom is -0.374 e. The molecule has 1 unspecified atom stereocenters. The van der Waals surface area contributed by atoms with Gasteiger partial charge in [0.25, 0.3) is 0 Å². The zero-order valence-corrected chi connectivity index (χ0v) is 13.4. The van der Waals surface area contributed by atoms with Crippen molar-refractivity contribution in [2.24, 2.45) is 7.05 Å². The summed E-state index contributed by atoms with van der Waals surface area (Å²) in [4.78, 5) is 11.8. The quantitative estimate of drug-likeness (QED) is 0.734. The molecule has 0 fully saturated rings. The van der Waals surface area contributed by atoms with Crippen LogP contribution < -0.4 is 5.32 Å². The number of aliphatic hydroxyl groups is 1. The van der Waals surface area contributed by atoms with Crippen LogP contribution in [-0.2, 0) is 12.6 Å². The van der Waals surface area contributed by atoms with Gasteiger partial charge in [0, 0.05) is 32.4 Å². The molecule has 3 aromatic rings. The van der Waals surface area contributed by atoms with E-state index in [-0.39, 0.29) is 6.54 Å². The molecule has 0 aromatic carbocycles. The fourth-order valence-electron chi connectivity index (χ4n) is 2.42. The Balaban J connectivity index is 1.80. The van der Waals surface area contributed by atoms with Crippen LogP contribution in [0.3, 0.4) is 0 Å². The largest absolute Gasteiger partial charge is 0.424 e. The van der Waals surface area contributed by atoms with E-state index >= 15 is 0 Å². The van der Waals surface area contributed by atoms with Crippen LogP contribution in [0.25, 0.3) is 10.2 Å². The number of halogens is 3. The van der Waals surface area contributed by atoms with Gasteiger partial charge in [0.2, 0.25) is 5.60 Å². The molecule has 128 valence electrons. The number of aryl methyl sites for hydroxylation is 1. The molecule has 3 heterocycles. The predicted octanol–water partition coefficient (Wildman–Crippen LogP) is 2.68. The Morgan fingerprint density at radius 2 is 2.08 bits per heavy atom. The van der Waals surface area contributed by atoms with Gasteiger partial charge in [-0.3, -0.25) is 0 Å². The first-order valence-corrected chi connectivity index (χ1v) is 7.90. The van der Waals surface area contributed by atoms with Crippen molar-refractivity contribution < 1.29 is 18.3 Å². The lowest BCUT2D eigenvalue weighted by molar-refractivity contribution is -0.271. The summed E-state index contributed by atoms with van der Waals surface area (Å²) in [6.07, 6.45) is -1.53. The smallest absolute Gasteiger partial charge is 0.374 e. The minimum absolute atomic E-state index is 0.132. The normalized spacial score (nSPS) is 14.7. The van der Waals surface area contributed by atoms with Crippen LogP contribution in [-0.4, -0.2) is 37.3 Å². The Bertz CT molecular complexity index is 846. The van der Waals surface area contributed by atoms with Crippen molar-refractivity contribution in [1.82, 2.24) is 19.5 Å². The number of alkyl halides is 3. The standard InChI is InChI=1S/C14H14F3N5OS/c1-22-6-5-19-12(22)13(23,14(15,16)17)3-4-18-11-10-9(2-7-24-10)20-8-21-11/h2,5-8,23H,3-4H2,1H3,(H,18,20,21). The summed E-state index contributed by atoms with van der Waals surface area (Å²) >= 11 is 1.39. The molecule has 3 rings (SSSR count). The zero-order chi connectivity index (χ0) is 17.4. The molecule has 0 aliphatic carbocycles. The Kier molecular flexibility index (Phi) is 4.18. The fraction of sp³-hybridized carbons (Fsp3) is 0.357. The lowest BCUT2D eigenvalue weighted by atomic mass is 9.97. The third-order valence-electron chi connectivity index (χ3n) is 3.68. The first kappa shape index (κ1) is 16.7. The number of rotatable bonds is 5. The molecule has 0 radical (unpaired) electrons. The van der Waals surface area contributed by atoms with Crippen LogP contribution in [0.5, 0.6) is 0 Å². The predicted molar refractivity (Wildman–Crippen MR) is 83.7 cm³/mol. The fourth-order valence-corrected chi connectivity index (χ4v) is 3.23. The highest BCUT2D eigenvalue weighted by Crippen LogP contribution is 2.40. The molecule has 0 bridgehead atoms. The molecule has 0 aliphatic heterocycles. The topological polar surface area (TPSA) is 75.9 Å². The minimum atomic E-state index is -4.85. The van der Waals surface area contributed by atoms with Crippen LogP contribution >= 0.6 is 11.3 Å². The van der Waals surface area contributed by atoms with E-state index in [0.29, 0.717) is 11.3 Å². The SMILES string of the molecule is Cn1ccnc1C(O)(CCNc1ncnc2ccsc12)C(F)(F)F. The Morgan fingerprint density at radius 1 is 1.29 bits per heavy atom. The Labute approximate surface area is 139 Å². The number of nitrogens with zero attached hydrogens (tertiary/aromatic N) is 4. The molecular formula is C14H14F3N5OS. The maximum absolute atomic E-state index is 13.4. The Morgan fingerprint density at radius 3 is 2.75 bits per heavy atom. The monoisotopic (exact) mass is 357 g/mol. The second-order valence-corrected chi connectivity index (χ2v) is 6.17. The van der Waals surface area contributed by atoms with Crippen LogP contribution in [0, 0.1) is 0 Å². The number of anilines is 1. The number of fused-ring (bicyclic) bond motifs is 1. The number of imidazole rings is 1. The molecule has 6 nitrogen and oxygen atoms in total. The molecule has 3 aromatic heterocycles. The first-order chi connectivity index (χ1) is 11.3. The van der Waals surface area contributed by atoms with Gasteiger partial charge in [0.15, 0.2) is 0 Å². The summed E-state index contributed by atoms with van der Waals surface area (Å²) in [5.41, 5.74) is -2.33. The van der Waals surface area contributed by atoms with Crippen molar-refractivity contribution >= 4 is 27.4 Å². The van der Waals surface area contributed by atoms with Gasteiger partial charge >= 0.3 is 6.18 Å². The molecule has 0 amide bonds. The molecular weight excluding hydrogens is 343 g/mol. The van der Waals surface area contributed by atoms with Gasteiger partial charge in [-0.1, -0.05) is 0 Å². The van der Waals surface area contributed by atoms with Crippen LogP contribution in [0.15, 0.2) is 30.2 Å². The molecule has 0 saturated heterocycles. The summed E-state index contributed by atoms with van der Waals surface area (Å²) in [6, 6.07) is 1.80. The van der Waals surface area contributed by atoms with E-state index in [0.717, 1.165) is 9.27 Å². The van der Waals surface area contributed by atoms with E-state index in [1.165, 1.54) is 37.1 Å². The summed E-state index contributed by atoms with van der Waals surface area (Å²) in [7, 11) is 1.41. The molecule has 0 aliphatic rings. The average molecular weight is 357 g/mol. The maximum atomic E-state index is 13.4. The van der Waals surface area contributed by atoms with Crippen LogP contribution in [0.1, 0.15) is 12.2 Å². The van der Waals surface area contributed by atoms with Crippen LogP contribution in [0.4, 0.5) is 19.0 Å². The number of hydrogen-bond acceptors (Lipinski definition) is 6. The lowest BCUT2D eigenvalue weighted by Gasteiger charge is -2.30. The molecule has 1 atom stereocenters. The maximum Gasteiger partial charge on any atom is 0.424 e. The number of thiophene rings is 1. The highest BCUT2D eigenvalue weighted by atomic mass is 32.1. The Hall–Kier alpha value is -2.20. The van der Waals surface area contributed by atoms with Crippen molar-refractivity contribution in [3.8, 4) is 0 Å². The third-order valence-corrected chi connectivity index (χ3v) is 4.59. The number of aromatic nitrogens is 4. The van der Waals surface area contributed by atoms with Gasteiger partial charge in [-0.2, -0.15) is 13.2 Å². The van der Waals surface area contributed by atoms with Gasteiger partial charge in [0.05, 0.1) is 10.2 Å². The van der Waals surface area contributed by atoms with Crippen molar-refractivity contribution in [1.29, 1.82) is 0 Å². The van der Waals surface area contributed by atoms with Gasteiger partial charge in [-0.15, -0.1) is 11.3 Å². The van der Waals surface area contributed by atoms with E-state index in [1.54, 1.807) is 6.07 Å². The zero-order valence-electron chi connectivity index (χ0n) is 12.6. The van der Waals surface area contributed by atoms with Gasteiger partial charge < -0.3 is 15.0 Å². The number of hydrogen-bond donors (Lipinski definition) is 2. The molecule has 24 heavy (non-hydrogen) atoms. The van der Waals surface area contributed by atoms with E-state index < -0.39 is 24.0 Å². The van der Waals surface area contributed by atoms with Crippen molar-refractivity contribution in [2.75, 3.05) is 11.9 Å². The van der Waals surface area contributed by atoms with Gasteiger partial charge in [0.1, 0.15) is 18.0 Å². The van der Waals surface area contributed by atoms with Crippen molar-refractivity contribution in [3.63, 3.8) is 0 Å². The third kappa shape index (κ3) is 2.82. The highest BCUT2D eigenvalue weighted by molar-refractivity contribution is 7.17. The van der Waals surface area contributed by atoms with E-state index in [9.17, 15) is 18.3 Å². The van der Waals surface area contributed by atoms with Crippen LogP contribution in [0.2, 0.25) is 0 Å². The summed E-state index contributed by atoms with van der Waals surface area (Å²) < 4.78 is 42.2. The molecule has 0 spiro atoms. The molecule has 10 heteroatoms. The summed E-state index contributed by atoms with van der Waals surface area (Å²) in [5.74, 6) is 0.000114. The summed E-state index contributed by atoms with van der Waals surface area (Å²) in [5, 5.41) is 14.9. The van der Waals surface area contributed by atoms with E-state index in [4.69, 9.17) is 0 Å². The van der Waals surface area contributed by atoms with Crippen molar-refractivity contribution in [3.05, 3.63) is 36.0 Å². The first-order valence-electron chi connectivity index (χ1n) is 7.02. The van der Waals surface area contributed by atoms with Gasteiger partial charge in [-0.05, 0) is 11.4 Å². The second-order valence-electron chi connectivity index (χ2n) is 5.25. The average Bonchev–Trinajstić information content (AvgIpc) is 3.15. The highest BCUT2D eigenvalue weighted by Gasteiger charge is 2.57. The lowest BCUT2D eigenvalue weighted by Crippen LogP contribution is -2.45. The van der Waals surface area contributed by atoms with E-state index in [2.05, 4.69) is 20.3 Å².